The molecule has 21 heavy (non-hydrogen) atoms. The summed E-state index contributed by atoms with van der Waals surface area (Å²) in [6.45, 7) is 0. The van der Waals surface area contributed by atoms with Gasteiger partial charge in [0.2, 0.25) is 0 Å². The molecule has 3 rings (SSSR count). The van der Waals surface area contributed by atoms with Crippen LogP contribution >= 0.6 is 27.7 Å². The SMILES string of the molecule is O=C(NC1(C(=O)O)CCSC1)c1cc2cc(Br)ccc2o1. The lowest BCUT2D eigenvalue weighted by Gasteiger charge is -2.23. The normalized spacial score (nSPS) is 21.6. The van der Waals surface area contributed by atoms with Gasteiger partial charge in [0.05, 0.1) is 0 Å². The molecule has 0 bridgehead atoms. The van der Waals surface area contributed by atoms with Crippen LogP contribution in [0.4, 0.5) is 0 Å². The number of aliphatic carboxylic acids is 1. The molecule has 1 saturated heterocycles. The van der Waals surface area contributed by atoms with Crippen LogP contribution in [0.1, 0.15) is 17.0 Å². The van der Waals surface area contributed by atoms with E-state index < -0.39 is 17.4 Å². The number of nitrogens with one attached hydrogen (secondary N) is 1. The molecule has 1 aromatic carbocycles. The number of fused-ring (bicyclic) bond motifs is 1. The van der Waals surface area contributed by atoms with Gasteiger partial charge in [0, 0.05) is 15.6 Å². The average Bonchev–Trinajstić information content (AvgIpc) is 3.05. The summed E-state index contributed by atoms with van der Waals surface area (Å²) in [5, 5.41) is 12.8. The molecule has 2 N–H and O–H groups in total. The highest BCUT2D eigenvalue weighted by Crippen LogP contribution is 2.29. The van der Waals surface area contributed by atoms with Crippen LogP contribution in [0.25, 0.3) is 11.0 Å². The van der Waals surface area contributed by atoms with Crippen molar-refractivity contribution in [3.05, 3.63) is 34.5 Å². The van der Waals surface area contributed by atoms with Gasteiger partial charge in [-0.3, -0.25) is 4.79 Å². The summed E-state index contributed by atoms with van der Waals surface area (Å²) in [5.74, 6) is -0.271. The van der Waals surface area contributed by atoms with Gasteiger partial charge in [-0.1, -0.05) is 15.9 Å². The summed E-state index contributed by atoms with van der Waals surface area (Å²) in [6, 6.07) is 7.04. The van der Waals surface area contributed by atoms with E-state index in [1.54, 1.807) is 12.1 Å². The Morgan fingerprint density at radius 3 is 2.86 bits per heavy atom. The lowest BCUT2D eigenvalue weighted by Crippen LogP contribution is -2.54. The molecule has 0 spiro atoms. The van der Waals surface area contributed by atoms with Crippen LogP contribution in [-0.4, -0.2) is 34.0 Å². The van der Waals surface area contributed by atoms with Gasteiger partial charge >= 0.3 is 5.97 Å². The van der Waals surface area contributed by atoms with Gasteiger partial charge in [0.25, 0.3) is 5.91 Å². The van der Waals surface area contributed by atoms with Crippen molar-refractivity contribution >= 4 is 50.5 Å². The minimum Gasteiger partial charge on any atom is -0.479 e. The second kappa shape index (κ2) is 5.38. The second-order valence-electron chi connectivity index (χ2n) is 4.94. The van der Waals surface area contributed by atoms with Crippen LogP contribution in [0.2, 0.25) is 0 Å². The molecule has 0 saturated carbocycles. The number of benzene rings is 1. The zero-order valence-corrected chi connectivity index (χ0v) is 13.3. The van der Waals surface area contributed by atoms with Crippen molar-refractivity contribution in [1.82, 2.24) is 5.32 Å². The first-order valence-electron chi connectivity index (χ1n) is 6.33. The standard InChI is InChI=1S/C14H12BrNO4S/c15-9-1-2-10-8(5-9)6-11(20-10)12(17)16-14(13(18)19)3-4-21-7-14/h1-2,5-6H,3-4,7H2,(H,16,17)(H,18,19). The zero-order chi connectivity index (χ0) is 15.0. The first-order chi connectivity index (χ1) is 10.00. The van der Waals surface area contributed by atoms with Gasteiger partial charge in [0.1, 0.15) is 11.1 Å². The number of halogens is 1. The van der Waals surface area contributed by atoms with Gasteiger partial charge in [-0.05, 0) is 36.4 Å². The topological polar surface area (TPSA) is 79.5 Å². The van der Waals surface area contributed by atoms with E-state index >= 15 is 0 Å². The van der Waals surface area contributed by atoms with E-state index in [1.165, 1.54) is 11.8 Å². The van der Waals surface area contributed by atoms with E-state index in [4.69, 9.17) is 4.42 Å². The maximum absolute atomic E-state index is 12.3. The van der Waals surface area contributed by atoms with Crippen LogP contribution in [0.15, 0.2) is 33.2 Å². The molecule has 7 heteroatoms. The van der Waals surface area contributed by atoms with Gasteiger partial charge < -0.3 is 14.8 Å². The van der Waals surface area contributed by atoms with Crippen molar-refractivity contribution in [3.63, 3.8) is 0 Å². The highest BCUT2D eigenvalue weighted by Gasteiger charge is 2.43. The van der Waals surface area contributed by atoms with E-state index in [0.29, 0.717) is 17.8 Å². The maximum Gasteiger partial charge on any atom is 0.330 e. The third-order valence-electron chi connectivity index (χ3n) is 3.49. The molecule has 0 aliphatic carbocycles. The predicted octanol–water partition coefficient (Wildman–Crippen LogP) is 2.89. The van der Waals surface area contributed by atoms with Crippen molar-refractivity contribution in [2.45, 2.75) is 12.0 Å². The average molecular weight is 370 g/mol. The Morgan fingerprint density at radius 1 is 1.38 bits per heavy atom. The summed E-state index contributed by atoms with van der Waals surface area (Å²) >= 11 is 4.88. The molecular formula is C14H12BrNO4S. The molecule has 1 fully saturated rings. The van der Waals surface area contributed by atoms with E-state index in [0.717, 1.165) is 15.6 Å². The predicted molar refractivity (Wildman–Crippen MR) is 83.7 cm³/mol. The van der Waals surface area contributed by atoms with Gasteiger partial charge in [-0.25, -0.2) is 4.79 Å². The summed E-state index contributed by atoms with van der Waals surface area (Å²) < 4.78 is 6.37. The van der Waals surface area contributed by atoms with Crippen molar-refractivity contribution in [2.24, 2.45) is 0 Å². The van der Waals surface area contributed by atoms with Crippen LogP contribution in [-0.2, 0) is 4.79 Å². The number of carbonyl (C=O) groups is 2. The Kier molecular flexibility index (Phi) is 3.71. The number of thioether (sulfide) groups is 1. The lowest BCUT2D eigenvalue weighted by atomic mass is 9.99. The van der Waals surface area contributed by atoms with E-state index in [-0.39, 0.29) is 5.76 Å². The molecule has 1 aliphatic heterocycles. The Balaban J connectivity index is 1.88. The lowest BCUT2D eigenvalue weighted by molar-refractivity contribution is -0.143. The molecule has 0 radical (unpaired) electrons. The van der Waals surface area contributed by atoms with E-state index in [9.17, 15) is 14.7 Å². The van der Waals surface area contributed by atoms with Gasteiger partial charge in [-0.2, -0.15) is 11.8 Å². The van der Waals surface area contributed by atoms with Crippen LogP contribution in [0, 0.1) is 0 Å². The fraction of sp³-hybridized carbons (Fsp3) is 0.286. The number of hydrogen-bond acceptors (Lipinski definition) is 4. The fourth-order valence-corrected chi connectivity index (χ4v) is 4.00. The molecule has 1 unspecified atom stereocenters. The first-order valence-corrected chi connectivity index (χ1v) is 8.28. The van der Waals surface area contributed by atoms with E-state index in [1.807, 2.05) is 12.1 Å². The van der Waals surface area contributed by atoms with Crippen molar-refractivity contribution in [3.8, 4) is 0 Å². The summed E-state index contributed by atoms with van der Waals surface area (Å²) in [4.78, 5) is 23.7. The Bertz CT molecular complexity index is 721. The number of amides is 1. The molecule has 1 atom stereocenters. The molecule has 1 amide bonds. The molecule has 2 aromatic rings. The number of hydrogen-bond donors (Lipinski definition) is 2. The zero-order valence-electron chi connectivity index (χ0n) is 10.9. The highest BCUT2D eigenvalue weighted by atomic mass is 79.9. The maximum atomic E-state index is 12.3. The third-order valence-corrected chi connectivity index (χ3v) is 5.17. The fourth-order valence-electron chi connectivity index (χ4n) is 2.29. The number of carboxylic acids is 1. The van der Waals surface area contributed by atoms with Crippen molar-refractivity contribution in [2.75, 3.05) is 11.5 Å². The van der Waals surface area contributed by atoms with Crippen molar-refractivity contribution < 1.29 is 19.1 Å². The van der Waals surface area contributed by atoms with E-state index in [2.05, 4.69) is 21.2 Å². The Labute approximate surface area is 133 Å². The summed E-state index contributed by atoms with van der Waals surface area (Å²) in [7, 11) is 0. The monoisotopic (exact) mass is 369 g/mol. The molecule has 2 heterocycles. The first kappa shape index (κ1) is 14.5. The summed E-state index contributed by atoms with van der Waals surface area (Å²) in [6.07, 6.45) is 0.421. The number of rotatable bonds is 3. The minimum atomic E-state index is -1.19. The smallest absolute Gasteiger partial charge is 0.330 e. The molecule has 1 aromatic heterocycles. The van der Waals surface area contributed by atoms with Gasteiger partial charge in [0.15, 0.2) is 5.76 Å². The summed E-state index contributed by atoms with van der Waals surface area (Å²) in [5.41, 5.74) is -0.602. The second-order valence-corrected chi connectivity index (χ2v) is 6.96. The van der Waals surface area contributed by atoms with Crippen LogP contribution < -0.4 is 5.32 Å². The van der Waals surface area contributed by atoms with Crippen LogP contribution in [0.5, 0.6) is 0 Å². The minimum absolute atomic E-state index is 0.126. The number of carbonyl (C=O) groups excluding carboxylic acids is 1. The van der Waals surface area contributed by atoms with Crippen molar-refractivity contribution in [1.29, 1.82) is 0 Å². The van der Waals surface area contributed by atoms with Gasteiger partial charge in [-0.15, -0.1) is 0 Å². The largest absolute Gasteiger partial charge is 0.479 e. The molecule has 5 nitrogen and oxygen atoms in total. The number of carboxylic acid groups (broad SMARTS) is 1. The van der Waals surface area contributed by atoms with Crippen LogP contribution in [0.3, 0.4) is 0 Å². The Morgan fingerprint density at radius 2 is 2.19 bits per heavy atom. The number of furan rings is 1. The molecule has 1 aliphatic rings. The Hall–Kier alpha value is -1.47. The third kappa shape index (κ3) is 2.67. The molecular weight excluding hydrogens is 358 g/mol. The quantitative estimate of drug-likeness (QED) is 0.869. The molecule has 110 valence electrons. The highest BCUT2D eigenvalue weighted by molar-refractivity contribution is 9.10.